The SMILES string of the molecule is Nc1cccc(Br)c1CN1CCC(CN2CCCC2)CC1. The number of rotatable bonds is 4. The fraction of sp³-hybridized carbons (Fsp3) is 0.647. The Bertz CT molecular complexity index is 443. The quantitative estimate of drug-likeness (QED) is 0.844. The number of hydrogen-bond donors (Lipinski definition) is 1. The van der Waals surface area contributed by atoms with Gasteiger partial charge in [-0.1, -0.05) is 22.0 Å². The van der Waals surface area contributed by atoms with E-state index in [0.29, 0.717) is 0 Å². The van der Waals surface area contributed by atoms with Crippen LogP contribution in [0.3, 0.4) is 0 Å². The molecule has 21 heavy (non-hydrogen) atoms. The van der Waals surface area contributed by atoms with E-state index >= 15 is 0 Å². The van der Waals surface area contributed by atoms with Crippen LogP contribution in [0.2, 0.25) is 0 Å². The van der Waals surface area contributed by atoms with Crippen molar-refractivity contribution in [3.8, 4) is 0 Å². The number of nitrogen functional groups attached to an aromatic ring is 1. The Morgan fingerprint density at radius 1 is 1.05 bits per heavy atom. The third-order valence-electron chi connectivity index (χ3n) is 4.96. The number of anilines is 1. The van der Waals surface area contributed by atoms with Crippen molar-refractivity contribution in [1.82, 2.24) is 9.80 Å². The lowest BCUT2D eigenvalue weighted by Gasteiger charge is -2.34. The molecule has 4 heteroatoms. The van der Waals surface area contributed by atoms with E-state index in [0.717, 1.165) is 22.6 Å². The molecule has 2 N–H and O–H groups in total. The summed E-state index contributed by atoms with van der Waals surface area (Å²) >= 11 is 3.63. The van der Waals surface area contributed by atoms with Gasteiger partial charge in [-0.2, -0.15) is 0 Å². The first-order valence-corrected chi connectivity index (χ1v) is 8.99. The zero-order valence-corrected chi connectivity index (χ0v) is 14.3. The van der Waals surface area contributed by atoms with Crippen molar-refractivity contribution in [1.29, 1.82) is 0 Å². The molecule has 2 aliphatic rings. The molecule has 0 unspecified atom stereocenters. The zero-order valence-electron chi connectivity index (χ0n) is 12.7. The van der Waals surface area contributed by atoms with Crippen LogP contribution in [0.1, 0.15) is 31.2 Å². The van der Waals surface area contributed by atoms with Gasteiger partial charge in [0.2, 0.25) is 0 Å². The molecule has 0 atom stereocenters. The molecular formula is C17H26BrN3. The predicted molar refractivity (Wildman–Crippen MR) is 92.2 cm³/mol. The lowest BCUT2D eigenvalue weighted by Crippen LogP contribution is -2.37. The van der Waals surface area contributed by atoms with Gasteiger partial charge in [0.05, 0.1) is 0 Å². The second-order valence-electron chi connectivity index (χ2n) is 6.53. The van der Waals surface area contributed by atoms with Crippen molar-refractivity contribution in [2.24, 2.45) is 5.92 Å². The molecule has 3 nitrogen and oxygen atoms in total. The third-order valence-corrected chi connectivity index (χ3v) is 5.70. The van der Waals surface area contributed by atoms with Crippen molar-refractivity contribution >= 4 is 21.6 Å². The topological polar surface area (TPSA) is 32.5 Å². The summed E-state index contributed by atoms with van der Waals surface area (Å²) in [6.07, 6.45) is 5.47. The number of benzene rings is 1. The summed E-state index contributed by atoms with van der Waals surface area (Å²) in [5.74, 6) is 0.899. The van der Waals surface area contributed by atoms with E-state index in [9.17, 15) is 0 Å². The molecule has 2 fully saturated rings. The van der Waals surface area contributed by atoms with E-state index in [1.165, 1.54) is 64.0 Å². The summed E-state index contributed by atoms with van der Waals surface area (Å²) in [5, 5.41) is 0. The second kappa shape index (κ2) is 7.12. The van der Waals surface area contributed by atoms with E-state index in [1.807, 2.05) is 12.1 Å². The molecular weight excluding hydrogens is 326 g/mol. The lowest BCUT2D eigenvalue weighted by molar-refractivity contribution is 0.149. The minimum atomic E-state index is 0.899. The fourth-order valence-electron chi connectivity index (χ4n) is 3.62. The van der Waals surface area contributed by atoms with Crippen LogP contribution in [0.4, 0.5) is 5.69 Å². The summed E-state index contributed by atoms with van der Waals surface area (Å²) in [5.41, 5.74) is 8.26. The van der Waals surface area contributed by atoms with Gasteiger partial charge in [0.15, 0.2) is 0 Å². The Balaban J connectivity index is 1.49. The maximum Gasteiger partial charge on any atom is 0.0371 e. The van der Waals surface area contributed by atoms with Crippen LogP contribution < -0.4 is 5.73 Å². The first kappa shape index (κ1) is 15.3. The summed E-state index contributed by atoms with van der Waals surface area (Å²) in [6, 6.07) is 6.09. The number of nitrogens with two attached hydrogens (primary N) is 1. The molecule has 1 aromatic carbocycles. The van der Waals surface area contributed by atoms with E-state index in [2.05, 4.69) is 31.8 Å². The van der Waals surface area contributed by atoms with E-state index < -0.39 is 0 Å². The van der Waals surface area contributed by atoms with Crippen LogP contribution in [0.15, 0.2) is 22.7 Å². The van der Waals surface area contributed by atoms with E-state index in [1.54, 1.807) is 0 Å². The van der Waals surface area contributed by atoms with Gasteiger partial charge in [0.1, 0.15) is 0 Å². The Labute approximate surface area is 136 Å². The van der Waals surface area contributed by atoms with Gasteiger partial charge in [-0.3, -0.25) is 4.90 Å². The van der Waals surface area contributed by atoms with Crippen molar-refractivity contribution in [3.63, 3.8) is 0 Å². The number of likely N-dealkylation sites (tertiary alicyclic amines) is 2. The average molecular weight is 352 g/mol. The second-order valence-corrected chi connectivity index (χ2v) is 7.39. The molecule has 2 saturated heterocycles. The van der Waals surface area contributed by atoms with Crippen molar-refractivity contribution in [3.05, 3.63) is 28.2 Å². The van der Waals surface area contributed by atoms with Crippen molar-refractivity contribution < 1.29 is 0 Å². The maximum absolute atomic E-state index is 6.11. The maximum atomic E-state index is 6.11. The number of piperidine rings is 1. The van der Waals surface area contributed by atoms with Gasteiger partial charge in [0, 0.05) is 28.8 Å². The van der Waals surface area contributed by atoms with Crippen molar-refractivity contribution in [2.45, 2.75) is 32.2 Å². The number of nitrogens with zero attached hydrogens (tertiary/aromatic N) is 2. The summed E-state index contributed by atoms with van der Waals surface area (Å²) < 4.78 is 1.14. The zero-order chi connectivity index (χ0) is 14.7. The summed E-state index contributed by atoms with van der Waals surface area (Å²) in [6.45, 7) is 7.37. The van der Waals surface area contributed by atoms with Gasteiger partial charge < -0.3 is 10.6 Å². The molecule has 0 saturated carbocycles. The van der Waals surface area contributed by atoms with Crippen LogP contribution in [0, 0.1) is 5.92 Å². The van der Waals surface area contributed by atoms with Gasteiger partial charge in [0.25, 0.3) is 0 Å². The normalized spacial score (nSPS) is 22.0. The Morgan fingerprint density at radius 2 is 1.76 bits per heavy atom. The number of hydrogen-bond acceptors (Lipinski definition) is 3. The Morgan fingerprint density at radius 3 is 2.43 bits per heavy atom. The minimum absolute atomic E-state index is 0.899. The van der Waals surface area contributed by atoms with Gasteiger partial charge in [-0.15, -0.1) is 0 Å². The lowest BCUT2D eigenvalue weighted by atomic mass is 9.96. The highest BCUT2D eigenvalue weighted by Crippen LogP contribution is 2.27. The highest BCUT2D eigenvalue weighted by molar-refractivity contribution is 9.10. The van der Waals surface area contributed by atoms with E-state index in [-0.39, 0.29) is 0 Å². The molecule has 0 aromatic heterocycles. The number of halogens is 1. The molecule has 116 valence electrons. The first-order valence-electron chi connectivity index (χ1n) is 8.20. The molecule has 0 bridgehead atoms. The van der Waals surface area contributed by atoms with Crippen LogP contribution in [-0.4, -0.2) is 42.5 Å². The van der Waals surface area contributed by atoms with Crippen LogP contribution in [0.25, 0.3) is 0 Å². The van der Waals surface area contributed by atoms with Crippen LogP contribution in [0.5, 0.6) is 0 Å². The molecule has 0 aliphatic carbocycles. The first-order chi connectivity index (χ1) is 10.2. The molecule has 0 spiro atoms. The van der Waals surface area contributed by atoms with Crippen LogP contribution >= 0.6 is 15.9 Å². The summed E-state index contributed by atoms with van der Waals surface area (Å²) in [4.78, 5) is 5.21. The largest absolute Gasteiger partial charge is 0.398 e. The van der Waals surface area contributed by atoms with Gasteiger partial charge >= 0.3 is 0 Å². The van der Waals surface area contributed by atoms with Crippen LogP contribution in [-0.2, 0) is 6.54 Å². The molecule has 2 heterocycles. The molecule has 0 amide bonds. The monoisotopic (exact) mass is 351 g/mol. The van der Waals surface area contributed by atoms with Gasteiger partial charge in [-0.05, 0) is 69.9 Å². The molecule has 2 aliphatic heterocycles. The summed E-state index contributed by atoms with van der Waals surface area (Å²) in [7, 11) is 0. The Kier molecular flexibility index (Phi) is 5.19. The van der Waals surface area contributed by atoms with Gasteiger partial charge in [-0.25, -0.2) is 0 Å². The van der Waals surface area contributed by atoms with E-state index in [4.69, 9.17) is 5.73 Å². The fourth-order valence-corrected chi connectivity index (χ4v) is 4.13. The minimum Gasteiger partial charge on any atom is -0.398 e. The molecule has 3 rings (SSSR count). The molecule has 1 aromatic rings. The predicted octanol–water partition coefficient (Wildman–Crippen LogP) is 3.34. The standard InChI is InChI=1S/C17H26BrN3/c18-16-4-3-5-17(19)15(16)13-21-10-6-14(7-11-21)12-20-8-1-2-9-20/h3-5,14H,1-2,6-13,19H2. The highest BCUT2D eigenvalue weighted by Gasteiger charge is 2.23. The van der Waals surface area contributed by atoms with Crippen molar-refractivity contribution in [2.75, 3.05) is 38.5 Å². The third kappa shape index (κ3) is 3.99. The average Bonchev–Trinajstić information content (AvgIpc) is 2.98. The smallest absolute Gasteiger partial charge is 0.0371 e. The Hall–Kier alpha value is -0.580. The highest BCUT2D eigenvalue weighted by atomic mass is 79.9. The molecule has 0 radical (unpaired) electrons.